The minimum atomic E-state index is -0.0690. The molecule has 1 N–H and O–H groups in total. The predicted octanol–water partition coefficient (Wildman–Crippen LogP) is 4.00. The number of thioether (sulfide) groups is 1. The van der Waals surface area contributed by atoms with Gasteiger partial charge in [0.2, 0.25) is 11.8 Å². The van der Waals surface area contributed by atoms with Crippen LogP contribution in [0.4, 0.5) is 5.69 Å². The molecule has 1 aromatic heterocycles. The van der Waals surface area contributed by atoms with E-state index in [1.54, 1.807) is 24.5 Å². The smallest absolute Gasteiger partial charge is 0.237 e. The molecule has 0 saturated carbocycles. The zero-order chi connectivity index (χ0) is 16.6. The first-order valence-electron chi connectivity index (χ1n) is 7.31. The maximum atomic E-state index is 12.1. The summed E-state index contributed by atoms with van der Waals surface area (Å²) >= 11 is 1.49. The van der Waals surface area contributed by atoms with Gasteiger partial charge in [-0.05, 0) is 24.3 Å². The summed E-state index contributed by atoms with van der Waals surface area (Å²) in [5.74, 6) is 1.27. The molecule has 0 aliphatic carbocycles. The summed E-state index contributed by atoms with van der Waals surface area (Å²) in [5, 5.41) is 2.86. The fourth-order valence-corrected chi connectivity index (χ4v) is 2.68. The molecule has 3 rings (SSSR count). The van der Waals surface area contributed by atoms with Gasteiger partial charge in [-0.15, -0.1) is 11.8 Å². The highest BCUT2D eigenvalue weighted by Crippen LogP contribution is 2.23. The Morgan fingerprint density at radius 3 is 2.75 bits per heavy atom. The lowest BCUT2D eigenvalue weighted by Gasteiger charge is -2.08. The molecule has 0 fully saturated rings. The Labute approximate surface area is 144 Å². The Kier molecular flexibility index (Phi) is 5.42. The van der Waals surface area contributed by atoms with E-state index in [4.69, 9.17) is 4.74 Å². The Morgan fingerprint density at radius 1 is 1.08 bits per heavy atom. The van der Waals surface area contributed by atoms with Crippen LogP contribution in [0, 0.1) is 0 Å². The molecule has 120 valence electrons. The Bertz CT molecular complexity index is 798. The van der Waals surface area contributed by atoms with E-state index in [0.717, 1.165) is 4.90 Å². The van der Waals surface area contributed by atoms with Crippen molar-refractivity contribution < 1.29 is 9.53 Å². The van der Waals surface area contributed by atoms with E-state index in [9.17, 15) is 4.79 Å². The third-order valence-corrected chi connectivity index (χ3v) is 4.00. The monoisotopic (exact) mass is 337 g/mol. The molecule has 3 aromatic rings. The Balaban J connectivity index is 1.57. The minimum absolute atomic E-state index is 0.0690. The molecule has 0 bridgehead atoms. The summed E-state index contributed by atoms with van der Waals surface area (Å²) in [7, 11) is 0. The number of carbonyl (C=O) groups excluding carboxylic acids is 1. The van der Waals surface area contributed by atoms with Gasteiger partial charge in [0.1, 0.15) is 5.75 Å². The van der Waals surface area contributed by atoms with Gasteiger partial charge in [0.15, 0.2) is 0 Å². The van der Waals surface area contributed by atoms with Gasteiger partial charge in [-0.2, -0.15) is 0 Å². The quantitative estimate of drug-likeness (QED) is 0.689. The van der Waals surface area contributed by atoms with Gasteiger partial charge in [0.25, 0.3) is 0 Å². The predicted molar refractivity (Wildman–Crippen MR) is 94.3 cm³/mol. The van der Waals surface area contributed by atoms with Crippen LogP contribution in [0.5, 0.6) is 11.6 Å². The van der Waals surface area contributed by atoms with Crippen LogP contribution in [0.3, 0.4) is 0 Å². The third-order valence-electron chi connectivity index (χ3n) is 2.99. The van der Waals surface area contributed by atoms with E-state index in [2.05, 4.69) is 15.3 Å². The molecule has 0 unspecified atom stereocenters. The van der Waals surface area contributed by atoms with Crippen molar-refractivity contribution in [2.24, 2.45) is 0 Å². The second-order valence-corrected chi connectivity index (χ2v) is 5.87. The Hall–Kier alpha value is -2.86. The lowest BCUT2D eigenvalue weighted by Crippen LogP contribution is -2.13. The summed E-state index contributed by atoms with van der Waals surface area (Å²) in [6.07, 6.45) is 4.66. The number of nitrogens with one attached hydrogen (secondary N) is 1. The van der Waals surface area contributed by atoms with E-state index in [1.165, 1.54) is 18.0 Å². The topological polar surface area (TPSA) is 64.1 Å². The fourth-order valence-electron chi connectivity index (χ4n) is 1.96. The summed E-state index contributed by atoms with van der Waals surface area (Å²) < 4.78 is 5.60. The average molecular weight is 337 g/mol. The molecule has 0 aliphatic heterocycles. The highest BCUT2D eigenvalue weighted by molar-refractivity contribution is 8.00. The van der Waals surface area contributed by atoms with Gasteiger partial charge >= 0.3 is 0 Å². The van der Waals surface area contributed by atoms with Crippen LogP contribution >= 0.6 is 11.8 Å². The number of anilines is 1. The average Bonchev–Trinajstić information content (AvgIpc) is 2.62. The number of ether oxygens (including phenoxy) is 1. The molecule has 24 heavy (non-hydrogen) atoms. The van der Waals surface area contributed by atoms with E-state index in [0.29, 0.717) is 23.1 Å². The van der Waals surface area contributed by atoms with Gasteiger partial charge in [-0.1, -0.05) is 24.3 Å². The molecular formula is C18H15N3O2S. The highest BCUT2D eigenvalue weighted by Gasteiger charge is 2.05. The third kappa shape index (κ3) is 4.82. The molecule has 0 spiro atoms. The lowest BCUT2D eigenvalue weighted by atomic mass is 10.3. The standard InChI is InChI=1S/C18H15N3O2S/c22-17(13-24-16-7-2-1-3-8-16)21-14-5-4-6-15(11-14)23-18-12-19-9-10-20-18/h1-12H,13H2,(H,21,22). The number of rotatable bonds is 6. The zero-order valence-electron chi connectivity index (χ0n) is 12.8. The molecule has 1 amide bonds. The summed E-state index contributed by atoms with van der Waals surface area (Å²) in [4.78, 5) is 21.1. The van der Waals surface area contributed by atoms with Crippen molar-refractivity contribution >= 4 is 23.4 Å². The van der Waals surface area contributed by atoms with Gasteiger partial charge in [0, 0.05) is 29.0 Å². The highest BCUT2D eigenvalue weighted by atomic mass is 32.2. The SMILES string of the molecule is O=C(CSc1ccccc1)Nc1cccc(Oc2cnccn2)c1. The van der Waals surface area contributed by atoms with Crippen LogP contribution in [0.15, 0.2) is 78.1 Å². The first kappa shape index (κ1) is 16.0. The number of hydrogen-bond donors (Lipinski definition) is 1. The van der Waals surface area contributed by atoms with E-state index < -0.39 is 0 Å². The molecule has 0 atom stereocenters. The van der Waals surface area contributed by atoms with E-state index in [-0.39, 0.29) is 5.91 Å². The molecule has 6 heteroatoms. The van der Waals surface area contributed by atoms with Gasteiger partial charge < -0.3 is 10.1 Å². The van der Waals surface area contributed by atoms with E-state index in [1.807, 2.05) is 42.5 Å². The van der Waals surface area contributed by atoms with Crippen molar-refractivity contribution in [1.82, 2.24) is 9.97 Å². The van der Waals surface area contributed by atoms with Crippen LogP contribution in [0.1, 0.15) is 0 Å². The van der Waals surface area contributed by atoms with E-state index >= 15 is 0 Å². The number of amides is 1. The van der Waals surface area contributed by atoms with Crippen LogP contribution in [0.2, 0.25) is 0 Å². The van der Waals surface area contributed by atoms with Crippen molar-refractivity contribution in [3.05, 3.63) is 73.2 Å². The lowest BCUT2D eigenvalue weighted by molar-refractivity contribution is -0.113. The Morgan fingerprint density at radius 2 is 1.96 bits per heavy atom. The van der Waals surface area contributed by atoms with Crippen LogP contribution < -0.4 is 10.1 Å². The molecule has 0 aliphatic rings. The number of carbonyl (C=O) groups is 1. The normalized spacial score (nSPS) is 10.2. The number of hydrogen-bond acceptors (Lipinski definition) is 5. The van der Waals surface area contributed by atoms with Crippen molar-refractivity contribution in [2.75, 3.05) is 11.1 Å². The molecule has 2 aromatic carbocycles. The first-order chi connectivity index (χ1) is 11.8. The van der Waals surface area contributed by atoms with Crippen molar-refractivity contribution in [2.45, 2.75) is 4.90 Å². The van der Waals surface area contributed by atoms with Gasteiger partial charge in [-0.3, -0.25) is 9.78 Å². The number of aromatic nitrogens is 2. The summed E-state index contributed by atoms with van der Waals surface area (Å²) in [5.41, 5.74) is 0.676. The maximum absolute atomic E-state index is 12.1. The van der Waals surface area contributed by atoms with Crippen molar-refractivity contribution in [3.63, 3.8) is 0 Å². The van der Waals surface area contributed by atoms with Crippen LogP contribution in [0.25, 0.3) is 0 Å². The molecule has 0 saturated heterocycles. The number of nitrogens with zero attached hydrogens (tertiary/aromatic N) is 2. The second-order valence-electron chi connectivity index (χ2n) is 4.82. The van der Waals surface area contributed by atoms with Crippen LogP contribution in [-0.4, -0.2) is 21.6 Å². The minimum Gasteiger partial charge on any atom is -0.437 e. The first-order valence-corrected chi connectivity index (χ1v) is 8.30. The maximum Gasteiger partial charge on any atom is 0.237 e. The van der Waals surface area contributed by atoms with Gasteiger partial charge in [-0.25, -0.2) is 4.98 Å². The second kappa shape index (κ2) is 8.12. The van der Waals surface area contributed by atoms with Crippen LogP contribution in [-0.2, 0) is 4.79 Å². The fraction of sp³-hybridized carbons (Fsp3) is 0.0556. The van der Waals surface area contributed by atoms with Gasteiger partial charge in [0.05, 0.1) is 11.9 Å². The number of benzene rings is 2. The van der Waals surface area contributed by atoms with Crippen molar-refractivity contribution in [1.29, 1.82) is 0 Å². The zero-order valence-corrected chi connectivity index (χ0v) is 13.6. The summed E-state index contributed by atoms with van der Waals surface area (Å²) in [6.45, 7) is 0. The molecule has 1 heterocycles. The molecule has 5 nitrogen and oxygen atoms in total. The molecular weight excluding hydrogens is 322 g/mol. The molecule has 0 radical (unpaired) electrons. The largest absolute Gasteiger partial charge is 0.437 e. The summed E-state index contributed by atoms with van der Waals surface area (Å²) in [6, 6.07) is 17.0. The van der Waals surface area contributed by atoms with Crippen molar-refractivity contribution in [3.8, 4) is 11.6 Å².